The van der Waals surface area contributed by atoms with Crippen LogP contribution in [0.5, 0.6) is 0 Å². The van der Waals surface area contributed by atoms with Crippen LogP contribution < -0.4 is 10.2 Å². The molecule has 5 aromatic heterocycles. The number of aromatic nitrogens is 6. The number of hydrogen-bond acceptors (Lipinski definition) is 6. The Morgan fingerprint density at radius 3 is 2.80 bits per heavy atom. The highest BCUT2D eigenvalue weighted by molar-refractivity contribution is 5.99. The third-order valence-electron chi connectivity index (χ3n) is 6.55. The third kappa shape index (κ3) is 3.99. The van der Waals surface area contributed by atoms with Gasteiger partial charge < -0.3 is 15.2 Å². The van der Waals surface area contributed by atoms with Crippen LogP contribution in [-0.4, -0.2) is 49.1 Å². The zero-order valence-corrected chi connectivity index (χ0v) is 19.5. The van der Waals surface area contributed by atoms with Crippen LogP contribution in [0.2, 0.25) is 0 Å². The van der Waals surface area contributed by atoms with Crippen molar-refractivity contribution in [2.75, 3.05) is 23.3 Å². The highest BCUT2D eigenvalue weighted by Crippen LogP contribution is 2.34. The van der Waals surface area contributed by atoms with Crippen molar-refractivity contribution < 1.29 is 4.79 Å². The maximum atomic E-state index is 11.8. The van der Waals surface area contributed by atoms with E-state index in [1.807, 2.05) is 25.3 Å². The summed E-state index contributed by atoms with van der Waals surface area (Å²) in [5.41, 5.74) is 6.86. The molecule has 0 aromatic carbocycles. The van der Waals surface area contributed by atoms with Crippen LogP contribution >= 0.6 is 0 Å². The lowest BCUT2D eigenvalue weighted by Crippen LogP contribution is -2.29. The minimum Gasteiger partial charge on any atom is -0.371 e. The second-order valence-corrected chi connectivity index (χ2v) is 8.87. The van der Waals surface area contributed by atoms with Crippen molar-refractivity contribution >= 4 is 39.2 Å². The Bertz CT molecular complexity index is 1530. The Kier molecular flexibility index (Phi) is 5.36. The number of aromatic amines is 2. The lowest BCUT2D eigenvalue weighted by atomic mass is 10.1. The van der Waals surface area contributed by atoms with E-state index >= 15 is 0 Å². The summed E-state index contributed by atoms with van der Waals surface area (Å²) in [6, 6.07) is 8.13. The maximum Gasteiger partial charge on any atom is 0.224 e. The Balaban J connectivity index is 1.39. The van der Waals surface area contributed by atoms with Crippen molar-refractivity contribution in [3.05, 3.63) is 49.1 Å². The van der Waals surface area contributed by atoms with E-state index in [9.17, 15) is 4.79 Å². The van der Waals surface area contributed by atoms with Gasteiger partial charge in [-0.15, -0.1) is 0 Å². The van der Waals surface area contributed by atoms with Gasteiger partial charge in [0.05, 0.1) is 35.0 Å². The second-order valence-electron chi connectivity index (χ2n) is 8.87. The van der Waals surface area contributed by atoms with Gasteiger partial charge in [-0.1, -0.05) is 6.92 Å². The van der Waals surface area contributed by atoms with Crippen molar-refractivity contribution in [1.82, 2.24) is 30.1 Å². The van der Waals surface area contributed by atoms with Gasteiger partial charge in [-0.25, -0.2) is 4.98 Å². The number of H-pyrrole nitrogens is 2. The van der Waals surface area contributed by atoms with E-state index in [1.54, 1.807) is 18.6 Å². The van der Waals surface area contributed by atoms with Gasteiger partial charge in [0.25, 0.3) is 0 Å². The van der Waals surface area contributed by atoms with Crippen LogP contribution in [0.4, 0.5) is 11.4 Å². The number of pyridine rings is 3. The number of piperidine rings is 1. The SMILES string of the molecule is CCC(=O)Nc1cncc(-c2cc3c(-c4cc5c(N6CCCCC6)ccnc5[nH]4)n[nH]c3cn2)c1. The average molecular weight is 467 g/mol. The molecule has 0 radical (unpaired) electrons. The van der Waals surface area contributed by atoms with Crippen LogP contribution in [0, 0.1) is 0 Å². The number of rotatable bonds is 5. The first-order chi connectivity index (χ1) is 17.2. The molecule has 9 nitrogen and oxygen atoms in total. The summed E-state index contributed by atoms with van der Waals surface area (Å²) in [5.74, 6) is -0.0548. The molecule has 1 fully saturated rings. The molecule has 0 spiro atoms. The molecule has 6 rings (SSSR count). The maximum absolute atomic E-state index is 11.8. The van der Waals surface area contributed by atoms with Crippen molar-refractivity contribution in [1.29, 1.82) is 0 Å². The zero-order valence-electron chi connectivity index (χ0n) is 19.5. The van der Waals surface area contributed by atoms with E-state index in [1.165, 1.54) is 24.9 Å². The van der Waals surface area contributed by atoms with Gasteiger partial charge in [0.15, 0.2) is 0 Å². The average Bonchev–Trinajstić information content (AvgIpc) is 3.53. The second kappa shape index (κ2) is 8.83. The van der Waals surface area contributed by atoms with Gasteiger partial charge in [-0.3, -0.25) is 19.9 Å². The number of carbonyl (C=O) groups is 1. The minimum atomic E-state index is -0.0548. The quantitative estimate of drug-likeness (QED) is 0.339. The zero-order chi connectivity index (χ0) is 23.8. The van der Waals surface area contributed by atoms with Gasteiger partial charge in [-0.05, 0) is 43.5 Å². The largest absolute Gasteiger partial charge is 0.371 e. The molecule has 6 heterocycles. The number of anilines is 2. The molecule has 9 heteroatoms. The summed E-state index contributed by atoms with van der Waals surface area (Å²) in [6.07, 6.45) is 11.2. The van der Waals surface area contributed by atoms with Crippen molar-refractivity contribution in [3.63, 3.8) is 0 Å². The lowest BCUT2D eigenvalue weighted by Gasteiger charge is -2.29. The molecule has 176 valence electrons. The Morgan fingerprint density at radius 1 is 1.06 bits per heavy atom. The molecule has 1 saturated heterocycles. The molecular weight excluding hydrogens is 440 g/mol. The van der Waals surface area contributed by atoms with Crippen molar-refractivity contribution in [2.45, 2.75) is 32.6 Å². The minimum absolute atomic E-state index is 0.0548. The summed E-state index contributed by atoms with van der Waals surface area (Å²) in [4.78, 5) is 31.2. The summed E-state index contributed by atoms with van der Waals surface area (Å²) < 4.78 is 0. The molecule has 5 aromatic rings. The number of nitrogens with zero attached hydrogens (tertiary/aromatic N) is 5. The molecule has 1 aliphatic rings. The van der Waals surface area contributed by atoms with E-state index in [0.717, 1.165) is 57.7 Å². The molecule has 0 unspecified atom stereocenters. The van der Waals surface area contributed by atoms with Crippen LogP contribution in [0.15, 0.2) is 49.1 Å². The molecule has 0 saturated carbocycles. The van der Waals surface area contributed by atoms with E-state index in [2.05, 4.69) is 52.5 Å². The molecule has 0 bridgehead atoms. The van der Waals surface area contributed by atoms with Gasteiger partial charge in [0, 0.05) is 53.9 Å². The van der Waals surface area contributed by atoms with Crippen LogP contribution in [-0.2, 0) is 4.79 Å². The van der Waals surface area contributed by atoms with Crippen molar-refractivity contribution in [2.24, 2.45) is 0 Å². The number of hydrogen-bond donors (Lipinski definition) is 3. The Morgan fingerprint density at radius 2 is 1.94 bits per heavy atom. The fourth-order valence-electron chi connectivity index (χ4n) is 4.73. The van der Waals surface area contributed by atoms with E-state index < -0.39 is 0 Å². The third-order valence-corrected chi connectivity index (χ3v) is 6.55. The summed E-state index contributed by atoms with van der Waals surface area (Å²) >= 11 is 0. The first kappa shape index (κ1) is 21.3. The lowest BCUT2D eigenvalue weighted by molar-refractivity contribution is -0.115. The van der Waals surface area contributed by atoms with Gasteiger partial charge in [0.1, 0.15) is 11.3 Å². The van der Waals surface area contributed by atoms with Crippen LogP contribution in [0.1, 0.15) is 32.6 Å². The first-order valence-electron chi connectivity index (χ1n) is 12.0. The normalized spacial score (nSPS) is 14.0. The molecular formula is C26H26N8O. The number of nitrogens with one attached hydrogen (secondary N) is 3. The van der Waals surface area contributed by atoms with Gasteiger partial charge in [0.2, 0.25) is 5.91 Å². The van der Waals surface area contributed by atoms with E-state index in [0.29, 0.717) is 12.1 Å². The molecule has 1 aliphatic heterocycles. The fourth-order valence-corrected chi connectivity index (χ4v) is 4.73. The smallest absolute Gasteiger partial charge is 0.224 e. The predicted molar refractivity (Wildman–Crippen MR) is 137 cm³/mol. The molecule has 35 heavy (non-hydrogen) atoms. The summed E-state index contributed by atoms with van der Waals surface area (Å²) in [5, 5.41) is 12.6. The highest BCUT2D eigenvalue weighted by Gasteiger charge is 2.18. The summed E-state index contributed by atoms with van der Waals surface area (Å²) in [6.45, 7) is 3.97. The summed E-state index contributed by atoms with van der Waals surface area (Å²) in [7, 11) is 0. The van der Waals surface area contributed by atoms with Crippen LogP contribution in [0.3, 0.4) is 0 Å². The Labute approximate surface area is 202 Å². The predicted octanol–water partition coefficient (Wildman–Crippen LogP) is 4.90. The van der Waals surface area contributed by atoms with Crippen molar-refractivity contribution in [3.8, 4) is 22.6 Å². The molecule has 1 amide bonds. The number of fused-ring (bicyclic) bond motifs is 2. The fraction of sp³-hybridized carbons (Fsp3) is 0.269. The first-order valence-corrected chi connectivity index (χ1v) is 12.0. The van der Waals surface area contributed by atoms with Crippen LogP contribution in [0.25, 0.3) is 44.6 Å². The standard InChI is InChI=1S/C26H26N8O/c1-2-24(35)30-17-10-16(13-27-14-17)20-11-18-22(15-29-20)32-33-25(18)21-12-19-23(6-7-28-26(19)31-21)34-8-4-3-5-9-34/h6-7,10-15H,2-5,8-9H2,1H3,(H,28,31)(H,30,35)(H,32,33). The van der Waals surface area contributed by atoms with E-state index in [4.69, 9.17) is 0 Å². The number of amides is 1. The molecule has 0 aliphatic carbocycles. The highest BCUT2D eigenvalue weighted by atomic mass is 16.1. The number of carbonyl (C=O) groups excluding carboxylic acids is 1. The van der Waals surface area contributed by atoms with Gasteiger partial charge in [-0.2, -0.15) is 5.10 Å². The van der Waals surface area contributed by atoms with Gasteiger partial charge >= 0.3 is 0 Å². The monoisotopic (exact) mass is 466 g/mol. The molecule has 3 N–H and O–H groups in total. The topological polar surface area (TPSA) is 115 Å². The van der Waals surface area contributed by atoms with E-state index in [-0.39, 0.29) is 5.91 Å². The Hall–Kier alpha value is -4.27. The molecule has 0 atom stereocenters.